The smallest absolute Gasteiger partial charge is 0.408 e. The number of ether oxygens (including phenoxy) is 2. The monoisotopic (exact) mass is 1740 g/mol. The number of methoxy groups -OCH3 is 1. The molecule has 6 aliphatic rings. The fourth-order valence-electron chi connectivity index (χ4n) is 16.5. The highest BCUT2D eigenvalue weighted by Crippen LogP contribution is 2.28. The van der Waals surface area contributed by atoms with Crippen molar-refractivity contribution >= 4 is 112 Å². The van der Waals surface area contributed by atoms with Crippen LogP contribution in [0.1, 0.15) is 181 Å². The Labute approximate surface area is 723 Å². The normalized spacial score (nSPS) is 18.9. The average molecular weight is 1740 g/mol. The Morgan fingerprint density at radius 3 is 0.618 bits per heavy atom. The Balaban J connectivity index is 0.965. The topological polar surface area (TPSA) is 454 Å². The van der Waals surface area contributed by atoms with Crippen molar-refractivity contribution in [3.8, 4) is 0 Å². The van der Waals surface area contributed by atoms with Crippen LogP contribution in [0.25, 0.3) is 0 Å². The minimum Gasteiger partial charge on any atom is -0.468 e. The first-order valence-electron chi connectivity index (χ1n) is 43.7. The summed E-state index contributed by atoms with van der Waals surface area (Å²) in [7, 11) is 1.22. The number of alkyl carbamates (subject to hydrolysis) is 1. The van der Waals surface area contributed by atoms with Crippen molar-refractivity contribution < 1.29 is 101 Å². The maximum absolute atomic E-state index is 14.5. The van der Waals surface area contributed by atoms with Gasteiger partial charge in [-0.3, -0.25) is 86.3 Å². The number of esters is 1. The van der Waals surface area contributed by atoms with Crippen LogP contribution in [-0.4, -0.2) is 377 Å². The fourth-order valence-corrected chi connectivity index (χ4v) is 16.5. The second-order valence-corrected chi connectivity index (χ2v) is 36.5. The van der Waals surface area contributed by atoms with E-state index in [1.54, 1.807) is 20.8 Å². The van der Waals surface area contributed by atoms with Gasteiger partial charge < -0.3 is 100 Å². The molecule has 6 fully saturated rings. The molecule has 123 heavy (non-hydrogen) atoms. The molecule has 6 rings (SSSR count). The van der Waals surface area contributed by atoms with Gasteiger partial charge in [0.25, 0.3) is 0 Å². The number of nitrogens with one attached hydrogen (secondary N) is 6. The lowest BCUT2D eigenvalue weighted by Crippen LogP contribution is -2.55. The van der Waals surface area contributed by atoms with Crippen LogP contribution >= 0.6 is 0 Å². The molecule has 0 saturated carbocycles. The molecule has 6 heterocycles. The van der Waals surface area contributed by atoms with Crippen molar-refractivity contribution in [3.05, 3.63) is 0 Å². The maximum atomic E-state index is 14.5. The maximum Gasteiger partial charge on any atom is 0.408 e. The van der Waals surface area contributed by atoms with Gasteiger partial charge in [0, 0.05) is 78.5 Å². The second kappa shape index (κ2) is 48.1. The minimum atomic E-state index is -1.01. The van der Waals surface area contributed by atoms with Gasteiger partial charge in [-0.2, -0.15) is 0 Å². The van der Waals surface area contributed by atoms with Crippen LogP contribution in [-0.2, 0) is 95.8 Å². The van der Waals surface area contributed by atoms with Gasteiger partial charge in [0.15, 0.2) is 0 Å². The Bertz CT molecular complexity index is 3760. The Morgan fingerprint density at radius 2 is 0.455 bits per heavy atom. The third-order valence-corrected chi connectivity index (χ3v) is 21.7. The zero-order chi connectivity index (χ0) is 91.4. The molecular weight excluding hydrogens is 1600 g/mol. The number of carbonyl (C=O) groups is 19. The summed E-state index contributed by atoms with van der Waals surface area (Å²) in [5.74, 6) is -10.9. The summed E-state index contributed by atoms with van der Waals surface area (Å²) < 4.78 is 10.0. The van der Waals surface area contributed by atoms with Gasteiger partial charge in [0.1, 0.15) is 54.9 Å². The molecule has 0 spiro atoms. The van der Waals surface area contributed by atoms with Crippen molar-refractivity contribution in [1.82, 2.24) is 90.7 Å². The molecule has 18 amide bonds. The van der Waals surface area contributed by atoms with Gasteiger partial charge >= 0.3 is 12.1 Å². The van der Waals surface area contributed by atoms with Gasteiger partial charge in [0.05, 0.1) is 72.6 Å². The number of carbonyl (C=O) groups excluding carboxylic acids is 19. The lowest BCUT2D eigenvalue weighted by molar-refractivity contribution is -0.150. The van der Waals surface area contributed by atoms with Gasteiger partial charge in [-0.1, -0.05) is 83.1 Å². The molecule has 39 heteroatoms. The van der Waals surface area contributed by atoms with E-state index in [0.717, 1.165) is 0 Å². The number of amides is 18. The van der Waals surface area contributed by atoms with Crippen molar-refractivity contribution in [3.63, 3.8) is 0 Å². The molecule has 0 radical (unpaired) electrons. The minimum absolute atomic E-state index is 0.0234. The molecule has 0 aromatic carbocycles. The third kappa shape index (κ3) is 31.5. The fraction of sp³-hybridized carbons (Fsp3) is 0.774. The van der Waals surface area contributed by atoms with E-state index >= 15 is 0 Å². The highest BCUT2D eigenvalue weighted by Gasteiger charge is 2.45. The van der Waals surface area contributed by atoms with Crippen LogP contribution in [0.15, 0.2) is 0 Å². The Kier molecular flexibility index (Phi) is 39.7. The summed E-state index contributed by atoms with van der Waals surface area (Å²) in [6, 6.07) is -5.70. The SMILES string of the molecule is COC(=O)CN(CC(C)C)C(=O)[C@@H]1CCCN1C(=O)CNC(=O)CN(CC(C)C)C(=O)[C@@H]1CCCN1C(=O)CNC(=O)CN(CC(C)C)C(=O)[C@@H]1CCCN1C(=O)CNC(=O)CN(CC(C)C)C(=O)[C@@H]1CCCN1C(=O)CNC(=O)CN(CC(C)C)C(=O)[C@@H]1CCCN1C(=O)CNC(=O)CN(CC(C)C)C(=O)[C@@H]1CCCN1C(=O)CNC(=O)OC(C)(C)C. The summed E-state index contributed by atoms with van der Waals surface area (Å²) in [5.41, 5.74) is -0.793. The molecule has 6 N–H and O–H groups in total. The highest BCUT2D eigenvalue weighted by molar-refractivity contribution is 5.99. The second-order valence-electron chi connectivity index (χ2n) is 36.5. The number of likely N-dealkylation sites (tertiary alicyclic amines) is 6. The summed E-state index contributed by atoms with van der Waals surface area (Å²) in [6.07, 6.45) is 3.75. The molecule has 6 aliphatic heterocycles. The van der Waals surface area contributed by atoms with Crippen LogP contribution in [0.5, 0.6) is 0 Å². The summed E-state index contributed by atoms with van der Waals surface area (Å²) >= 11 is 0. The first kappa shape index (κ1) is 102. The molecule has 0 aromatic rings. The molecule has 0 aromatic heterocycles. The molecule has 690 valence electrons. The predicted octanol–water partition coefficient (Wildman–Crippen LogP) is -0.881. The molecule has 0 bridgehead atoms. The number of hydrogen-bond donors (Lipinski definition) is 6. The molecule has 6 atom stereocenters. The van der Waals surface area contributed by atoms with E-state index in [1.165, 1.54) is 65.9 Å². The number of rotatable bonds is 42. The van der Waals surface area contributed by atoms with Gasteiger partial charge in [-0.25, -0.2) is 4.79 Å². The van der Waals surface area contributed by atoms with Gasteiger partial charge in [0.2, 0.25) is 100 Å². The van der Waals surface area contributed by atoms with Crippen molar-refractivity contribution in [2.45, 2.75) is 223 Å². The van der Waals surface area contributed by atoms with Crippen molar-refractivity contribution in [2.24, 2.45) is 35.5 Å². The number of nitrogens with zero attached hydrogens (tertiary/aromatic N) is 12. The van der Waals surface area contributed by atoms with Crippen molar-refractivity contribution in [1.29, 1.82) is 0 Å². The van der Waals surface area contributed by atoms with Crippen molar-refractivity contribution in [2.75, 3.05) is 164 Å². The quantitative estimate of drug-likeness (QED) is 0.0404. The van der Waals surface area contributed by atoms with Crippen LogP contribution < -0.4 is 31.9 Å². The van der Waals surface area contributed by atoms with Gasteiger partial charge in [-0.15, -0.1) is 0 Å². The molecule has 6 saturated heterocycles. The lowest BCUT2D eigenvalue weighted by Gasteiger charge is -2.32. The zero-order valence-corrected chi connectivity index (χ0v) is 75.3. The first-order chi connectivity index (χ1) is 57.9. The summed E-state index contributed by atoms with van der Waals surface area (Å²) in [4.78, 5) is 277. The molecular formula is C84H138N18O21. The van der Waals surface area contributed by atoms with E-state index in [1.807, 2.05) is 83.1 Å². The standard InChI is InChI=1S/C84H138N18O21/c1-53(2)41-91(77(115)59-23-17-30-98(59)71(109)36-86-67(105)49-93(43-55(5)6)79(117)61-25-19-32-100(61)73(111)38-88-69(107)51-95(45-57(9)10)81(119)63-27-21-34-102(63)75(113)40-90-83(121)123-84(13,14)15)47-65(103)85-35-70(108)97-29-18-24-60(97)78(116)92(42-54(3)4)48-66(104)87-37-72(110)99-31-20-26-62(99)80(118)94(44-56(7)8)50-68(106)89-39-74(112)101-33-22-28-64(101)82(120)96(46-58(11)12)52-76(114)122-16/h53-64H,17-52H2,1-16H3,(H,85,103)(H,86,105)(H,87,104)(H,88,107)(H,89,106)(H,90,121)/t59-,60-,61-,62-,63-,64-/m0/s1. The van der Waals surface area contributed by atoms with E-state index in [2.05, 4.69) is 31.9 Å². The summed E-state index contributed by atoms with van der Waals surface area (Å²) in [6.45, 7) is 23.8. The van der Waals surface area contributed by atoms with E-state index < -0.39 is 226 Å². The summed E-state index contributed by atoms with van der Waals surface area (Å²) in [5, 5.41) is 15.4. The van der Waals surface area contributed by atoms with E-state index in [9.17, 15) is 91.1 Å². The Morgan fingerprint density at radius 1 is 0.285 bits per heavy atom. The zero-order valence-electron chi connectivity index (χ0n) is 75.3. The van der Waals surface area contributed by atoms with Crippen LogP contribution in [0.4, 0.5) is 4.79 Å². The van der Waals surface area contributed by atoms with Crippen LogP contribution in [0.2, 0.25) is 0 Å². The lowest BCUT2D eigenvalue weighted by atomic mass is 10.1. The van der Waals surface area contributed by atoms with Crippen LogP contribution in [0, 0.1) is 35.5 Å². The average Bonchev–Trinajstić information content (AvgIpc) is 1.74. The predicted molar refractivity (Wildman–Crippen MR) is 448 cm³/mol. The number of hydrogen-bond acceptors (Lipinski definition) is 21. The van der Waals surface area contributed by atoms with E-state index in [-0.39, 0.29) is 146 Å². The van der Waals surface area contributed by atoms with Gasteiger partial charge in [-0.05, 0) is 133 Å². The molecule has 39 nitrogen and oxygen atoms in total. The van der Waals surface area contributed by atoms with E-state index in [4.69, 9.17) is 9.47 Å². The van der Waals surface area contributed by atoms with E-state index in [0.29, 0.717) is 51.4 Å². The largest absolute Gasteiger partial charge is 0.468 e. The highest BCUT2D eigenvalue weighted by atomic mass is 16.6. The first-order valence-corrected chi connectivity index (χ1v) is 43.7. The molecule has 0 unspecified atom stereocenters. The third-order valence-electron chi connectivity index (χ3n) is 21.7. The Hall–Kier alpha value is -10.3. The van der Waals surface area contributed by atoms with Crippen LogP contribution in [0.3, 0.4) is 0 Å². The molecule has 0 aliphatic carbocycles.